The molecule has 0 fully saturated rings. The maximum atomic E-state index is 12.1. The third kappa shape index (κ3) is 3.46. The van der Waals surface area contributed by atoms with E-state index >= 15 is 0 Å². The average Bonchev–Trinajstić information content (AvgIpc) is 2.28. The first-order valence-corrected chi connectivity index (χ1v) is 5.94. The topological polar surface area (TPSA) is 12.0 Å². The number of nitrogens with one attached hydrogen (secondary N) is 1. The van der Waals surface area contributed by atoms with E-state index in [4.69, 9.17) is 0 Å². The fourth-order valence-corrected chi connectivity index (χ4v) is 2.35. The molecule has 0 saturated carbocycles. The van der Waals surface area contributed by atoms with E-state index in [1.54, 1.807) is 0 Å². The van der Waals surface area contributed by atoms with Crippen molar-refractivity contribution in [1.29, 1.82) is 0 Å². The summed E-state index contributed by atoms with van der Waals surface area (Å²) in [6, 6.07) is 8.09. The van der Waals surface area contributed by atoms with Crippen molar-refractivity contribution in [3.05, 3.63) is 35.4 Å². The second kappa shape index (κ2) is 5.08. The van der Waals surface area contributed by atoms with Crippen LogP contribution in [0.25, 0.3) is 0 Å². The molecule has 1 nitrogen and oxygen atoms in total. The Bertz CT molecular complexity index is 373. The average molecular weight is 243 g/mol. The Balaban J connectivity index is 1.95. The summed E-state index contributed by atoms with van der Waals surface area (Å²) in [5.41, 5.74) is 2.43. The van der Waals surface area contributed by atoms with Crippen LogP contribution in [0.4, 0.5) is 13.2 Å². The molecule has 94 valence electrons. The van der Waals surface area contributed by atoms with Crippen molar-refractivity contribution in [2.45, 2.75) is 37.9 Å². The molecule has 0 aliphatic heterocycles. The molecule has 1 aromatic carbocycles. The van der Waals surface area contributed by atoms with Gasteiger partial charge in [-0.05, 0) is 30.4 Å². The fraction of sp³-hybridized carbons (Fsp3) is 0.538. The monoisotopic (exact) mass is 243 g/mol. The minimum absolute atomic E-state index is 0.00248. The number of hydrogen-bond acceptors (Lipinski definition) is 1. The van der Waals surface area contributed by atoms with Crippen molar-refractivity contribution in [1.82, 2.24) is 5.32 Å². The lowest BCUT2D eigenvalue weighted by Gasteiger charge is -2.26. The van der Waals surface area contributed by atoms with Gasteiger partial charge in [0.15, 0.2) is 0 Å². The number of hydrogen-bond donors (Lipinski definition) is 1. The van der Waals surface area contributed by atoms with Gasteiger partial charge in [0.1, 0.15) is 0 Å². The SMILES string of the molecule is FC(F)(F)CCNC1CCCc2ccccc21. The summed E-state index contributed by atoms with van der Waals surface area (Å²) in [5, 5.41) is 3.01. The Kier molecular flexibility index (Phi) is 3.72. The van der Waals surface area contributed by atoms with Crippen LogP contribution in [0.1, 0.15) is 36.4 Å². The van der Waals surface area contributed by atoms with Crippen LogP contribution in [0, 0.1) is 0 Å². The highest BCUT2D eigenvalue weighted by Gasteiger charge is 2.27. The predicted octanol–water partition coefficient (Wildman–Crippen LogP) is 3.61. The van der Waals surface area contributed by atoms with E-state index in [2.05, 4.69) is 11.4 Å². The first-order valence-electron chi connectivity index (χ1n) is 5.94. The number of alkyl halides is 3. The van der Waals surface area contributed by atoms with Gasteiger partial charge in [-0.2, -0.15) is 13.2 Å². The number of benzene rings is 1. The molecule has 0 heterocycles. The van der Waals surface area contributed by atoms with Crippen molar-refractivity contribution in [3.63, 3.8) is 0 Å². The zero-order chi connectivity index (χ0) is 12.3. The Hall–Kier alpha value is -1.03. The zero-order valence-electron chi connectivity index (χ0n) is 9.56. The minimum atomic E-state index is -4.07. The first-order chi connectivity index (χ1) is 8.06. The van der Waals surface area contributed by atoms with Gasteiger partial charge in [0.05, 0.1) is 6.42 Å². The van der Waals surface area contributed by atoms with Gasteiger partial charge >= 0.3 is 6.18 Å². The maximum Gasteiger partial charge on any atom is 0.390 e. The number of halogens is 3. The normalized spacial score (nSPS) is 20.1. The molecule has 0 amide bonds. The van der Waals surface area contributed by atoms with Crippen LogP contribution < -0.4 is 5.32 Å². The maximum absolute atomic E-state index is 12.1. The van der Waals surface area contributed by atoms with E-state index in [1.807, 2.05) is 18.2 Å². The highest BCUT2D eigenvalue weighted by molar-refractivity contribution is 5.32. The third-order valence-corrected chi connectivity index (χ3v) is 3.17. The van der Waals surface area contributed by atoms with E-state index in [0.717, 1.165) is 19.3 Å². The first kappa shape index (κ1) is 12.4. The number of aryl methyl sites for hydroxylation is 1. The van der Waals surface area contributed by atoms with Crippen molar-refractivity contribution in [2.24, 2.45) is 0 Å². The molecule has 1 unspecified atom stereocenters. The smallest absolute Gasteiger partial charge is 0.310 e. The van der Waals surface area contributed by atoms with Crippen molar-refractivity contribution in [3.8, 4) is 0 Å². The minimum Gasteiger partial charge on any atom is -0.310 e. The second-order valence-electron chi connectivity index (χ2n) is 4.46. The van der Waals surface area contributed by atoms with Gasteiger partial charge in [0, 0.05) is 12.6 Å². The van der Waals surface area contributed by atoms with Crippen LogP contribution in [-0.4, -0.2) is 12.7 Å². The van der Waals surface area contributed by atoms with Gasteiger partial charge in [-0.15, -0.1) is 0 Å². The summed E-state index contributed by atoms with van der Waals surface area (Å²) in [6.07, 6.45) is -1.82. The number of fused-ring (bicyclic) bond motifs is 1. The van der Waals surface area contributed by atoms with Gasteiger partial charge in [0.25, 0.3) is 0 Å². The van der Waals surface area contributed by atoms with Gasteiger partial charge < -0.3 is 5.32 Å². The number of rotatable bonds is 3. The van der Waals surface area contributed by atoms with Crippen LogP contribution in [0.15, 0.2) is 24.3 Å². The molecular formula is C13H16F3N. The van der Waals surface area contributed by atoms with Crippen LogP contribution >= 0.6 is 0 Å². The summed E-state index contributed by atoms with van der Waals surface area (Å²) >= 11 is 0. The second-order valence-corrected chi connectivity index (χ2v) is 4.46. The van der Waals surface area contributed by atoms with Crippen LogP contribution in [0.3, 0.4) is 0 Å². The van der Waals surface area contributed by atoms with E-state index in [1.165, 1.54) is 11.1 Å². The molecule has 0 radical (unpaired) electrons. The molecule has 0 spiro atoms. The summed E-state index contributed by atoms with van der Waals surface area (Å²) < 4.78 is 36.2. The summed E-state index contributed by atoms with van der Waals surface area (Å²) in [6.45, 7) is 0.00248. The van der Waals surface area contributed by atoms with Gasteiger partial charge in [-0.1, -0.05) is 24.3 Å². The van der Waals surface area contributed by atoms with Crippen molar-refractivity contribution < 1.29 is 13.2 Å². The highest BCUT2D eigenvalue weighted by atomic mass is 19.4. The lowest BCUT2D eigenvalue weighted by atomic mass is 9.88. The Morgan fingerprint density at radius 1 is 1.24 bits per heavy atom. The largest absolute Gasteiger partial charge is 0.390 e. The highest BCUT2D eigenvalue weighted by Crippen LogP contribution is 2.29. The van der Waals surface area contributed by atoms with Gasteiger partial charge in [0.2, 0.25) is 0 Å². The van der Waals surface area contributed by atoms with Gasteiger partial charge in [-0.25, -0.2) is 0 Å². The molecule has 0 saturated heterocycles. The van der Waals surface area contributed by atoms with Crippen LogP contribution in [-0.2, 0) is 6.42 Å². The zero-order valence-corrected chi connectivity index (χ0v) is 9.56. The van der Waals surface area contributed by atoms with Crippen LogP contribution in [0.5, 0.6) is 0 Å². The summed E-state index contributed by atoms with van der Waals surface area (Å²) in [5.74, 6) is 0. The van der Waals surface area contributed by atoms with E-state index in [0.29, 0.717) is 0 Å². The molecular weight excluding hydrogens is 227 g/mol. The molecule has 1 aromatic rings. The molecule has 1 N–H and O–H groups in total. The standard InChI is InChI=1S/C13H16F3N/c14-13(15,16)8-9-17-12-7-3-5-10-4-1-2-6-11(10)12/h1-2,4,6,12,17H,3,5,7-9H2. The lowest BCUT2D eigenvalue weighted by molar-refractivity contribution is -0.133. The molecule has 1 atom stereocenters. The van der Waals surface area contributed by atoms with E-state index in [9.17, 15) is 13.2 Å². The Labute approximate surface area is 99.0 Å². The molecule has 0 aromatic heterocycles. The lowest BCUT2D eigenvalue weighted by Crippen LogP contribution is -2.28. The van der Waals surface area contributed by atoms with Gasteiger partial charge in [-0.3, -0.25) is 0 Å². The molecule has 17 heavy (non-hydrogen) atoms. The Morgan fingerprint density at radius 2 is 2.00 bits per heavy atom. The fourth-order valence-electron chi connectivity index (χ4n) is 2.35. The van der Waals surface area contributed by atoms with Crippen molar-refractivity contribution in [2.75, 3.05) is 6.54 Å². The van der Waals surface area contributed by atoms with E-state index < -0.39 is 12.6 Å². The summed E-state index contributed by atoms with van der Waals surface area (Å²) in [7, 11) is 0. The predicted molar refractivity (Wildman–Crippen MR) is 60.8 cm³/mol. The molecule has 4 heteroatoms. The molecule has 2 rings (SSSR count). The van der Waals surface area contributed by atoms with Crippen LogP contribution in [0.2, 0.25) is 0 Å². The molecule has 0 bridgehead atoms. The Morgan fingerprint density at radius 3 is 2.76 bits per heavy atom. The summed E-state index contributed by atoms with van der Waals surface area (Å²) in [4.78, 5) is 0. The van der Waals surface area contributed by atoms with E-state index in [-0.39, 0.29) is 12.6 Å². The molecule has 1 aliphatic carbocycles. The van der Waals surface area contributed by atoms with Crippen molar-refractivity contribution >= 4 is 0 Å². The molecule has 1 aliphatic rings. The third-order valence-electron chi connectivity index (χ3n) is 3.17. The quantitative estimate of drug-likeness (QED) is 0.855.